The number of esters is 1. The molecule has 4 nitrogen and oxygen atoms in total. The first-order chi connectivity index (χ1) is 9.11. The van der Waals surface area contributed by atoms with Gasteiger partial charge in [0.2, 0.25) is 0 Å². The smallest absolute Gasteiger partial charge is 0.307 e. The number of ether oxygens (including phenoxy) is 1. The molecular weight excluding hydrogens is 240 g/mol. The van der Waals surface area contributed by atoms with Crippen molar-refractivity contribution in [1.82, 2.24) is 9.80 Å². The van der Waals surface area contributed by atoms with Gasteiger partial charge < -0.3 is 9.64 Å². The van der Waals surface area contributed by atoms with Crippen LogP contribution in [0.2, 0.25) is 0 Å². The summed E-state index contributed by atoms with van der Waals surface area (Å²) in [5.74, 6) is -0.0423. The molecule has 0 bridgehead atoms. The highest BCUT2D eigenvalue weighted by molar-refractivity contribution is 5.71. The van der Waals surface area contributed by atoms with Crippen LogP contribution in [0.25, 0.3) is 0 Å². The van der Waals surface area contributed by atoms with Gasteiger partial charge in [-0.25, -0.2) is 0 Å². The van der Waals surface area contributed by atoms with Crippen LogP contribution in [0, 0.1) is 0 Å². The fourth-order valence-electron chi connectivity index (χ4n) is 3.27. The van der Waals surface area contributed by atoms with Crippen molar-refractivity contribution in [2.45, 2.75) is 52.5 Å². The summed E-state index contributed by atoms with van der Waals surface area (Å²) < 4.78 is 5.18. The lowest BCUT2D eigenvalue weighted by Crippen LogP contribution is -2.56. The minimum Gasteiger partial charge on any atom is -0.466 e. The fourth-order valence-corrected chi connectivity index (χ4v) is 3.27. The second kappa shape index (κ2) is 7.85. The molecule has 1 aliphatic rings. The lowest BCUT2D eigenvalue weighted by atomic mass is 9.82. The molecule has 4 heteroatoms. The predicted molar refractivity (Wildman–Crippen MR) is 78.3 cm³/mol. The average Bonchev–Trinajstić information content (AvgIpc) is 2.41. The number of carbonyl (C=O) groups excluding carboxylic acids is 1. The highest BCUT2D eigenvalue weighted by atomic mass is 16.5. The van der Waals surface area contributed by atoms with Crippen molar-refractivity contribution < 1.29 is 9.53 Å². The molecule has 0 aromatic heterocycles. The zero-order valence-corrected chi connectivity index (χ0v) is 13.1. The Balaban J connectivity index is 2.76. The molecule has 0 N–H and O–H groups in total. The molecule has 0 radical (unpaired) electrons. The van der Waals surface area contributed by atoms with Gasteiger partial charge in [0.25, 0.3) is 0 Å². The minimum atomic E-state index is -0.0423. The largest absolute Gasteiger partial charge is 0.466 e. The monoisotopic (exact) mass is 270 g/mol. The molecule has 0 spiro atoms. The van der Waals surface area contributed by atoms with E-state index in [-0.39, 0.29) is 11.5 Å². The highest BCUT2D eigenvalue weighted by Gasteiger charge is 2.40. The lowest BCUT2D eigenvalue weighted by molar-refractivity contribution is -0.147. The first-order valence-electron chi connectivity index (χ1n) is 7.74. The first kappa shape index (κ1) is 16.4. The van der Waals surface area contributed by atoms with Gasteiger partial charge in [-0.15, -0.1) is 0 Å². The Morgan fingerprint density at radius 1 is 1.16 bits per heavy atom. The second-order valence-corrected chi connectivity index (χ2v) is 5.31. The van der Waals surface area contributed by atoms with Crippen LogP contribution in [0.5, 0.6) is 0 Å². The summed E-state index contributed by atoms with van der Waals surface area (Å²) in [6.45, 7) is 14.2. The summed E-state index contributed by atoms with van der Waals surface area (Å²) in [7, 11) is 0. The van der Waals surface area contributed by atoms with Crippen molar-refractivity contribution in [3.8, 4) is 0 Å². The van der Waals surface area contributed by atoms with Crippen molar-refractivity contribution in [2.24, 2.45) is 0 Å². The first-order valence-corrected chi connectivity index (χ1v) is 7.74. The maximum atomic E-state index is 11.9. The van der Waals surface area contributed by atoms with E-state index in [1.54, 1.807) is 0 Å². The van der Waals surface area contributed by atoms with Gasteiger partial charge in [-0.2, -0.15) is 0 Å². The molecule has 0 amide bonds. The van der Waals surface area contributed by atoms with E-state index in [0.29, 0.717) is 13.0 Å². The molecule has 1 fully saturated rings. The molecule has 112 valence electrons. The Bertz CT molecular complexity index is 269. The number of hydrogen-bond acceptors (Lipinski definition) is 4. The molecule has 1 rings (SSSR count). The Kier molecular flexibility index (Phi) is 6.80. The predicted octanol–water partition coefficient (Wildman–Crippen LogP) is 2.14. The summed E-state index contributed by atoms with van der Waals surface area (Å²) in [6, 6.07) is 0. The van der Waals surface area contributed by atoms with Gasteiger partial charge in [0.15, 0.2) is 0 Å². The van der Waals surface area contributed by atoms with Gasteiger partial charge in [-0.1, -0.05) is 20.8 Å². The van der Waals surface area contributed by atoms with Crippen molar-refractivity contribution in [2.75, 3.05) is 39.3 Å². The third kappa shape index (κ3) is 4.18. The van der Waals surface area contributed by atoms with E-state index in [0.717, 1.165) is 45.6 Å². The van der Waals surface area contributed by atoms with Gasteiger partial charge in [0.1, 0.15) is 0 Å². The molecule has 1 aliphatic heterocycles. The van der Waals surface area contributed by atoms with Gasteiger partial charge in [0.05, 0.1) is 13.0 Å². The number of rotatable bonds is 7. The topological polar surface area (TPSA) is 32.8 Å². The number of nitrogens with zero attached hydrogens (tertiary/aromatic N) is 2. The van der Waals surface area contributed by atoms with E-state index in [2.05, 4.69) is 30.6 Å². The van der Waals surface area contributed by atoms with E-state index in [9.17, 15) is 4.79 Å². The number of piperidine rings is 1. The van der Waals surface area contributed by atoms with Crippen LogP contribution < -0.4 is 0 Å². The van der Waals surface area contributed by atoms with E-state index in [4.69, 9.17) is 4.74 Å². The van der Waals surface area contributed by atoms with Crippen LogP contribution in [0.4, 0.5) is 0 Å². The molecule has 19 heavy (non-hydrogen) atoms. The zero-order chi connectivity index (χ0) is 14.3. The van der Waals surface area contributed by atoms with Crippen LogP contribution in [-0.4, -0.2) is 60.6 Å². The van der Waals surface area contributed by atoms with Crippen molar-refractivity contribution in [3.05, 3.63) is 0 Å². The summed E-state index contributed by atoms with van der Waals surface area (Å²) in [6.07, 6.45) is 2.68. The van der Waals surface area contributed by atoms with Crippen LogP contribution in [0.3, 0.4) is 0 Å². The second-order valence-electron chi connectivity index (χ2n) is 5.31. The third-order valence-electron chi connectivity index (χ3n) is 4.45. The third-order valence-corrected chi connectivity index (χ3v) is 4.45. The van der Waals surface area contributed by atoms with E-state index in [1.807, 2.05) is 6.92 Å². The summed E-state index contributed by atoms with van der Waals surface area (Å²) in [5, 5.41) is 0. The van der Waals surface area contributed by atoms with Crippen molar-refractivity contribution in [3.63, 3.8) is 0 Å². The van der Waals surface area contributed by atoms with E-state index < -0.39 is 0 Å². The van der Waals surface area contributed by atoms with Crippen LogP contribution in [0.15, 0.2) is 0 Å². The van der Waals surface area contributed by atoms with Crippen LogP contribution in [0.1, 0.15) is 47.0 Å². The Morgan fingerprint density at radius 3 is 2.16 bits per heavy atom. The SMILES string of the molecule is CCOC(=O)CC1(N(CC)CC)CCN(CC)CC1. The van der Waals surface area contributed by atoms with Gasteiger partial charge in [-0.3, -0.25) is 9.69 Å². The molecule has 0 atom stereocenters. The molecular formula is C15H30N2O2. The average molecular weight is 270 g/mol. The lowest BCUT2D eigenvalue weighted by Gasteiger charge is -2.48. The fraction of sp³-hybridized carbons (Fsp3) is 0.933. The molecule has 0 unspecified atom stereocenters. The van der Waals surface area contributed by atoms with Crippen molar-refractivity contribution >= 4 is 5.97 Å². The maximum Gasteiger partial charge on any atom is 0.307 e. The Labute approximate surface area is 118 Å². The highest BCUT2D eigenvalue weighted by Crippen LogP contribution is 2.32. The number of likely N-dealkylation sites (tertiary alicyclic amines) is 1. The van der Waals surface area contributed by atoms with Gasteiger partial charge >= 0.3 is 5.97 Å². The standard InChI is InChI=1S/C15H30N2O2/c1-5-16-11-9-15(10-12-16,17(6-2)7-3)13-14(18)19-8-4/h5-13H2,1-4H3. The number of carbonyl (C=O) groups is 1. The van der Waals surface area contributed by atoms with Crippen LogP contribution >= 0.6 is 0 Å². The van der Waals surface area contributed by atoms with Gasteiger partial charge in [-0.05, 0) is 52.5 Å². The molecule has 0 aromatic rings. The quantitative estimate of drug-likeness (QED) is 0.664. The molecule has 1 saturated heterocycles. The molecule has 0 saturated carbocycles. The Morgan fingerprint density at radius 2 is 1.74 bits per heavy atom. The molecule has 0 aliphatic carbocycles. The van der Waals surface area contributed by atoms with E-state index in [1.165, 1.54) is 0 Å². The zero-order valence-electron chi connectivity index (χ0n) is 13.1. The van der Waals surface area contributed by atoms with Gasteiger partial charge in [0, 0.05) is 5.54 Å². The minimum absolute atomic E-state index is 0.0153. The normalized spacial score (nSPS) is 19.6. The summed E-state index contributed by atoms with van der Waals surface area (Å²) in [4.78, 5) is 16.9. The number of hydrogen-bond donors (Lipinski definition) is 0. The molecule has 1 heterocycles. The van der Waals surface area contributed by atoms with Crippen molar-refractivity contribution in [1.29, 1.82) is 0 Å². The van der Waals surface area contributed by atoms with E-state index >= 15 is 0 Å². The van der Waals surface area contributed by atoms with Crippen LogP contribution in [-0.2, 0) is 9.53 Å². The molecule has 0 aromatic carbocycles. The maximum absolute atomic E-state index is 11.9. The summed E-state index contributed by atoms with van der Waals surface area (Å²) in [5.41, 5.74) is 0.0153. The Hall–Kier alpha value is -0.610. The summed E-state index contributed by atoms with van der Waals surface area (Å²) >= 11 is 0.